The fourth-order valence-electron chi connectivity index (χ4n) is 2.44. The van der Waals surface area contributed by atoms with Crippen LogP contribution in [-0.2, 0) is 0 Å². The molecule has 0 aromatic rings. The lowest BCUT2D eigenvalue weighted by Gasteiger charge is -2.59. The molecule has 0 amide bonds. The average Bonchev–Trinajstić information content (AvgIpc) is 1.80. The summed E-state index contributed by atoms with van der Waals surface area (Å²) in [5.74, 6) is 2.68. The first kappa shape index (κ1) is 7.15. The predicted molar refractivity (Wildman–Crippen MR) is 45.2 cm³/mol. The summed E-state index contributed by atoms with van der Waals surface area (Å²) in [6.07, 6.45) is 5.21. The third kappa shape index (κ3) is 1.05. The van der Waals surface area contributed by atoms with Crippen LogP contribution >= 0.6 is 0 Å². The average molecular weight is 150 g/mol. The Morgan fingerprint density at radius 1 is 1.36 bits per heavy atom. The van der Waals surface area contributed by atoms with Crippen LogP contribution in [-0.4, -0.2) is 49.6 Å². The van der Waals surface area contributed by atoms with E-state index in [0.29, 0.717) is 5.41 Å². The van der Waals surface area contributed by atoms with E-state index in [1.54, 1.807) is 0 Å². The van der Waals surface area contributed by atoms with Gasteiger partial charge in [0.2, 0.25) is 0 Å². The van der Waals surface area contributed by atoms with Gasteiger partial charge in [-0.3, -0.25) is 4.90 Å². The summed E-state index contributed by atoms with van der Waals surface area (Å²) in [7, 11) is 2.18. The van der Waals surface area contributed by atoms with Crippen molar-refractivity contribution >= 4 is 0 Å². The molecule has 0 radical (unpaired) electrons. The zero-order valence-corrected chi connectivity index (χ0v) is 7.01. The third-order valence-electron chi connectivity index (χ3n) is 2.64. The molecule has 0 aliphatic carbocycles. The highest BCUT2D eigenvalue weighted by Crippen LogP contribution is 2.37. The lowest BCUT2D eigenvalue weighted by Crippen LogP contribution is -2.70. The van der Waals surface area contributed by atoms with Crippen molar-refractivity contribution in [1.29, 1.82) is 0 Å². The van der Waals surface area contributed by atoms with Gasteiger partial charge in [0, 0.05) is 31.6 Å². The van der Waals surface area contributed by atoms with Crippen LogP contribution in [0.15, 0.2) is 0 Å². The molecule has 0 saturated carbocycles. The number of likely N-dealkylation sites (tertiary alicyclic amines) is 2. The van der Waals surface area contributed by atoms with Crippen LogP contribution in [0.25, 0.3) is 0 Å². The largest absolute Gasteiger partial charge is 0.305 e. The van der Waals surface area contributed by atoms with Gasteiger partial charge in [-0.1, -0.05) is 5.92 Å². The molecule has 2 rings (SSSR count). The number of hydrogen-bond acceptors (Lipinski definition) is 2. The summed E-state index contributed by atoms with van der Waals surface area (Å²) >= 11 is 0. The van der Waals surface area contributed by atoms with Gasteiger partial charge in [0.25, 0.3) is 0 Å². The van der Waals surface area contributed by atoms with Crippen molar-refractivity contribution in [2.24, 2.45) is 5.41 Å². The highest BCUT2D eigenvalue weighted by molar-refractivity contribution is 5.07. The molecule has 0 bridgehead atoms. The van der Waals surface area contributed by atoms with Gasteiger partial charge in [-0.2, -0.15) is 0 Å². The number of hydrogen-bond donors (Lipinski definition) is 0. The van der Waals surface area contributed by atoms with Gasteiger partial charge in [0.1, 0.15) is 0 Å². The monoisotopic (exact) mass is 150 g/mol. The first-order valence-electron chi connectivity index (χ1n) is 4.08. The van der Waals surface area contributed by atoms with E-state index in [-0.39, 0.29) is 0 Å². The van der Waals surface area contributed by atoms with Gasteiger partial charge in [-0.25, -0.2) is 0 Å². The smallest absolute Gasteiger partial charge is 0.0599 e. The van der Waals surface area contributed by atoms with Crippen LogP contribution in [0.5, 0.6) is 0 Å². The molecule has 0 atom stereocenters. The minimum atomic E-state index is 0.644. The van der Waals surface area contributed by atoms with Crippen LogP contribution in [0.3, 0.4) is 0 Å². The van der Waals surface area contributed by atoms with Crippen molar-refractivity contribution in [1.82, 2.24) is 9.80 Å². The minimum Gasteiger partial charge on any atom is -0.305 e. The fraction of sp³-hybridized carbons (Fsp3) is 0.778. The van der Waals surface area contributed by atoms with Crippen LogP contribution in [0, 0.1) is 17.8 Å². The highest BCUT2D eigenvalue weighted by Gasteiger charge is 2.49. The second-order valence-corrected chi connectivity index (χ2v) is 4.02. The van der Waals surface area contributed by atoms with E-state index in [1.807, 2.05) is 0 Å². The molecule has 2 saturated heterocycles. The first-order chi connectivity index (χ1) is 5.24. The van der Waals surface area contributed by atoms with E-state index in [9.17, 15) is 0 Å². The molecule has 2 heteroatoms. The Balaban J connectivity index is 1.77. The van der Waals surface area contributed by atoms with Crippen molar-refractivity contribution in [3.8, 4) is 12.3 Å². The molecule has 0 aromatic carbocycles. The molecule has 1 spiro atoms. The van der Waals surface area contributed by atoms with Crippen LogP contribution < -0.4 is 0 Å². The van der Waals surface area contributed by atoms with E-state index in [4.69, 9.17) is 6.42 Å². The normalized spacial score (nSPS) is 29.1. The summed E-state index contributed by atoms with van der Waals surface area (Å²) in [6.45, 7) is 5.83. The Kier molecular flexibility index (Phi) is 1.45. The quantitative estimate of drug-likeness (QED) is 0.480. The number of nitrogens with zero attached hydrogens (tertiary/aromatic N) is 2. The highest BCUT2D eigenvalue weighted by atomic mass is 15.3. The maximum Gasteiger partial charge on any atom is 0.0599 e. The molecule has 0 aromatic heterocycles. The first-order valence-corrected chi connectivity index (χ1v) is 4.08. The zero-order chi connectivity index (χ0) is 7.90. The maximum absolute atomic E-state index is 5.21. The van der Waals surface area contributed by atoms with Crippen LogP contribution in [0.4, 0.5) is 0 Å². The molecule has 0 N–H and O–H groups in total. The second kappa shape index (κ2) is 2.23. The predicted octanol–water partition coefficient (Wildman–Crippen LogP) is -0.133. The van der Waals surface area contributed by atoms with Crippen molar-refractivity contribution in [3.63, 3.8) is 0 Å². The number of terminal acetylenes is 1. The molecule has 2 nitrogen and oxygen atoms in total. The van der Waals surface area contributed by atoms with E-state index < -0.39 is 0 Å². The van der Waals surface area contributed by atoms with Gasteiger partial charge in [0.05, 0.1) is 6.54 Å². The van der Waals surface area contributed by atoms with E-state index >= 15 is 0 Å². The lowest BCUT2D eigenvalue weighted by atomic mass is 9.73. The molecule has 2 fully saturated rings. The molecule has 11 heavy (non-hydrogen) atoms. The summed E-state index contributed by atoms with van der Waals surface area (Å²) in [4.78, 5) is 4.71. The molecular weight excluding hydrogens is 136 g/mol. The Hall–Kier alpha value is -0.520. The van der Waals surface area contributed by atoms with Crippen molar-refractivity contribution in [2.45, 2.75) is 0 Å². The number of rotatable bonds is 1. The van der Waals surface area contributed by atoms with E-state index in [2.05, 4.69) is 22.8 Å². The topological polar surface area (TPSA) is 6.48 Å². The van der Waals surface area contributed by atoms with Crippen molar-refractivity contribution < 1.29 is 0 Å². The summed E-state index contributed by atoms with van der Waals surface area (Å²) < 4.78 is 0. The lowest BCUT2D eigenvalue weighted by molar-refractivity contribution is -0.0982. The maximum atomic E-state index is 5.21. The van der Waals surface area contributed by atoms with Crippen molar-refractivity contribution in [3.05, 3.63) is 0 Å². The Morgan fingerprint density at radius 3 is 2.45 bits per heavy atom. The molecule has 60 valence electrons. The Bertz CT molecular complexity index is 190. The fourth-order valence-corrected chi connectivity index (χ4v) is 2.44. The molecule has 2 aliphatic heterocycles. The van der Waals surface area contributed by atoms with Gasteiger partial charge in [0.15, 0.2) is 0 Å². The minimum absolute atomic E-state index is 0.644. The SMILES string of the molecule is C#CCN1CC2(CN(C)C2)C1. The zero-order valence-electron chi connectivity index (χ0n) is 7.01. The van der Waals surface area contributed by atoms with E-state index in [0.717, 1.165) is 6.54 Å². The van der Waals surface area contributed by atoms with Gasteiger partial charge in [-0.15, -0.1) is 6.42 Å². The van der Waals surface area contributed by atoms with Crippen molar-refractivity contribution in [2.75, 3.05) is 39.8 Å². The Labute approximate surface area is 68.2 Å². The summed E-state index contributed by atoms with van der Waals surface area (Å²) in [6, 6.07) is 0. The van der Waals surface area contributed by atoms with Gasteiger partial charge in [-0.05, 0) is 7.05 Å². The van der Waals surface area contributed by atoms with Gasteiger partial charge >= 0.3 is 0 Å². The second-order valence-electron chi connectivity index (χ2n) is 4.02. The summed E-state index contributed by atoms with van der Waals surface area (Å²) in [5, 5.41) is 0. The van der Waals surface area contributed by atoms with Crippen LogP contribution in [0.2, 0.25) is 0 Å². The summed E-state index contributed by atoms with van der Waals surface area (Å²) in [5.41, 5.74) is 0.644. The molecule has 2 aliphatic rings. The van der Waals surface area contributed by atoms with Crippen LogP contribution in [0.1, 0.15) is 0 Å². The Morgan fingerprint density at radius 2 is 2.00 bits per heavy atom. The van der Waals surface area contributed by atoms with E-state index in [1.165, 1.54) is 26.2 Å². The third-order valence-corrected chi connectivity index (χ3v) is 2.64. The molecule has 2 heterocycles. The molecule has 0 unspecified atom stereocenters. The van der Waals surface area contributed by atoms with Gasteiger partial charge < -0.3 is 4.90 Å². The molecular formula is C9H14N2. The standard InChI is InChI=1S/C9H14N2/c1-3-4-11-7-9(8-11)5-10(2)6-9/h1H,4-8H2,2H3.